The van der Waals surface area contributed by atoms with Crippen molar-refractivity contribution in [1.82, 2.24) is 0 Å². The highest BCUT2D eigenvalue weighted by molar-refractivity contribution is 9.11. The van der Waals surface area contributed by atoms with E-state index in [1.807, 2.05) is 6.07 Å². The minimum absolute atomic E-state index is 0.104. The summed E-state index contributed by atoms with van der Waals surface area (Å²) in [6.45, 7) is 4.20. The Balaban J connectivity index is 3.28. The van der Waals surface area contributed by atoms with E-state index in [0.717, 1.165) is 16.5 Å². The molecule has 0 aliphatic rings. The Labute approximate surface area is 121 Å². The lowest BCUT2D eigenvalue weighted by Crippen LogP contribution is -2.19. The van der Waals surface area contributed by atoms with Crippen molar-refractivity contribution in [2.45, 2.75) is 26.3 Å². The van der Waals surface area contributed by atoms with Gasteiger partial charge in [0.05, 0.1) is 8.95 Å². The van der Waals surface area contributed by atoms with Gasteiger partial charge in [-0.05, 0) is 43.8 Å². The second-order valence-corrected chi connectivity index (χ2v) is 6.33. The second kappa shape index (κ2) is 5.85. The predicted molar refractivity (Wildman–Crippen MR) is 77.6 cm³/mol. The van der Waals surface area contributed by atoms with E-state index < -0.39 is 0 Å². The van der Waals surface area contributed by atoms with Gasteiger partial charge < -0.3 is 10.8 Å². The quantitative estimate of drug-likeness (QED) is 0.749. The van der Waals surface area contributed by atoms with Crippen molar-refractivity contribution in [1.29, 1.82) is 0 Å². The molecule has 0 radical (unpaired) electrons. The van der Waals surface area contributed by atoms with Crippen molar-refractivity contribution in [3.05, 3.63) is 25.0 Å². The fourth-order valence-electron chi connectivity index (χ4n) is 1.44. The number of halogens is 3. The molecule has 2 atom stereocenters. The lowest BCUT2D eigenvalue weighted by atomic mass is 9.93. The third kappa shape index (κ3) is 2.81. The van der Waals surface area contributed by atoms with Gasteiger partial charge in [0.15, 0.2) is 0 Å². The first-order chi connectivity index (χ1) is 7.40. The van der Waals surface area contributed by atoms with Crippen molar-refractivity contribution in [3.63, 3.8) is 0 Å². The predicted octanol–water partition coefficient (Wildman–Crippen LogP) is 4.73. The molecule has 1 aromatic carbocycles. The van der Waals surface area contributed by atoms with E-state index in [1.54, 1.807) is 0 Å². The van der Waals surface area contributed by atoms with Gasteiger partial charge in [0, 0.05) is 16.1 Å². The Bertz CT molecular complexity index is 395. The molecule has 0 spiro atoms. The number of hydrogen-bond donors (Lipinski definition) is 2. The zero-order chi connectivity index (χ0) is 12.5. The van der Waals surface area contributed by atoms with Gasteiger partial charge in [-0.3, -0.25) is 0 Å². The van der Waals surface area contributed by atoms with Gasteiger partial charge >= 0.3 is 0 Å². The number of nitrogens with two attached hydrogens (primary N) is 1. The van der Waals surface area contributed by atoms with Crippen LogP contribution >= 0.6 is 47.8 Å². The largest absolute Gasteiger partial charge is 0.506 e. The topological polar surface area (TPSA) is 46.2 Å². The first-order valence-corrected chi connectivity index (χ1v) is 7.39. The fourth-order valence-corrected chi connectivity index (χ4v) is 4.09. The molecule has 90 valence electrons. The highest BCUT2D eigenvalue weighted by atomic mass is 79.9. The highest BCUT2D eigenvalue weighted by Crippen LogP contribution is 2.43. The van der Waals surface area contributed by atoms with Crippen molar-refractivity contribution >= 4 is 47.8 Å². The minimum Gasteiger partial charge on any atom is -0.506 e. The van der Waals surface area contributed by atoms with Gasteiger partial charge in [-0.2, -0.15) is 0 Å². The Morgan fingerprint density at radius 1 is 1.31 bits per heavy atom. The molecule has 0 saturated carbocycles. The third-order valence-electron chi connectivity index (χ3n) is 2.77. The maximum atomic E-state index is 9.84. The second-order valence-electron chi connectivity index (χ2n) is 3.83. The smallest absolute Gasteiger partial charge is 0.144 e. The zero-order valence-electron chi connectivity index (χ0n) is 9.10. The van der Waals surface area contributed by atoms with Gasteiger partial charge in [0.1, 0.15) is 5.75 Å². The molecule has 0 heterocycles. The molecule has 3 N–H and O–H groups in total. The van der Waals surface area contributed by atoms with Crippen LogP contribution < -0.4 is 5.73 Å². The summed E-state index contributed by atoms with van der Waals surface area (Å²) in [5.41, 5.74) is 7.10. The Morgan fingerprint density at radius 2 is 1.88 bits per heavy atom. The summed E-state index contributed by atoms with van der Waals surface area (Å²) in [5.74, 6) is 0.546. The van der Waals surface area contributed by atoms with Gasteiger partial charge in [-0.25, -0.2) is 0 Å². The molecule has 0 aliphatic carbocycles. The van der Waals surface area contributed by atoms with Gasteiger partial charge in [-0.1, -0.05) is 36.2 Å². The van der Waals surface area contributed by atoms with E-state index in [4.69, 9.17) is 5.73 Å². The molecule has 0 aromatic heterocycles. The Kier molecular flexibility index (Phi) is 5.29. The van der Waals surface area contributed by atoms with Gasteiger partial charge in [-0.15, -0.1) is 0 Å². The van der Waals surface area contributed by atoms with Crippen LogP contribution in [-0.2, 0) is 0 Å². The monoisotopic (exact) mass is 413 g/mol. The van der Waals surface area contributed by atoms with Gasteiger partial charge in [0.2, 0.25) is 0 Å². The van der Waals surface area contributed by atoms with Crippen molar-refractivity contribution in [2.75, 3.05) is 0 Å². The van der Waals surface area contributed by atoms with Crippen LogP contribution in [0.2, 0.25) is 0 Å². The van der Waals surface area contributed by atoms with Crippen LogP contribution in [0.1, 0.15) is 31.9 Å². The molecule has 0 aliphatic heterocycles. The maximum absolute atomic E-state index is 9.84. The SMILES string of the molecule is CCC(C)[C@@H](N)c1c(Br)cc(Br)c(O)c1Br. The molecular formula is C11H14Br3NO. The molecule has 16 heavy (non-hydrogen) atoms. The Morgan fingerprint density at radius 3 is 2.38 bits per heavy atom. The summed E-state index contributed by atoms with van der Waals surface area (Å²) >= 11 is 10.2. The average Bonchev–Trinajstić information content (AvgIpc) is 2.24. The van der Waals surface area contributed by atoms with Crippen molar-refractivity contribution < 1.29 is 5.11 Å². The number of hydrogen-bond acceptors (Lipinski definition) is 2. The standard InChI is InChI=1S/C11H14Br3NO/c1-3-5(2)10(15)8-6(12)4-7(13)11(16)9(8)14/h4-5,10,16H,3,15H2,1-2H3/t5?,10-/m1/s1. The first kappa shape index (κ1) is 14.5. The molecule has 2 nitrogen and oxygen atoms in total. The molecule has 0 fully saturated rings. The summed E-state index contributed by atoms with van der Waals surface area (Å²) in [6.07, 6.45) is 0.997. The van der Waals surface area contributed by atoms with E-state index >= 15 is 0 Å². The molecule has 0 amide bonds. The minimum atomic E-state index is -0.104. The number of phenols is 1. The normalized spacial score (nSPS) is 14.9. The summed E-state index contributed by atoms with van der Waals surface area (Å²) in [7, 11) is 0. The number of benzene rings is 1. The highest BCUT2D eigenvalue weighted by Gasteiger charge is 2.22. The van der Waals surface area contributed by atoms with Crippen LogP contribution in [-0.4, -0.2) is 5.11 Å². The summed E-state index contributed by atoms with van der Waals surface area (Å²) in [4.78, 5) is 0. The van der Waals surface area contributed by atoms with Crippen LogP contribution in [0.4, 0.5) is 0 Å². The van der Waals surface area contributed by atoms with Crippen molar-refractivity contribution in [3.8, 4) is 5.75 Å². The summed E-state index contributed by atoms with van der Waals surface area (Å²) < 4.78 is 2.20. The van der Waals surface area contributed by atoms with Crippen LogP contribution in [0.5, 0.6) is 5.75 Å². The molecule has 0 saturated heterocycles. The molecule has 5 heteroatoms. The number of phenolic OH excluding ortho intramolecular Hbond substituents is 1. The molecular weight excluding hydrogens is 402 g/mol. The summed E-state index contributed by atoms with van der Waals surface area (Å²) in [6, 6.07) is 1.71. The van der Waals surface area contributed by atoms with Crippen LogP contribution in [0.15, 0.2) is 19.5 Å². The average molecular weight is 416 g/mol. The molecule has 1 rings (SSSR count). The number of aromatic hydroxyl groups is 1. The van der Waals surface area contributed by atoms with Crippen LogP contribution in [0.3, 0.4) is 0 Å². The number of rotatable bonds is 3. The Hall–Kier alpha value is 0.420. The molecule has 1 aromatic rings. The van der Waals surface area contributed by atoms with Gasteiger partial charge in [0.25, 0.3) is 0 Å². The third-order valence-corrected chi connectivity index (χ3v) is 4.83. The van der Waals surface area contributed by atoms with E-state index in [-0.39, 0.29) is 11.8 Å². The van der Waals surface area contributed by atoms with E-state index in [2.05, 4.69) is 61.6 Å². The fraction of sp³-hybridized carbons (Fsp3) is 0.455. The summed E-state index contributed by atoms with van der Waals surface area (Å²) in [5, 5.41) is 9.84. The molecule has 0 bridgehead atoms. The van der Waals surface area contributed by atoms with Crippen molar-refractivity contribution in [2.24, 2.45) is 11.7 Å². The molecule has 1 unspecified atom stereocenters. The zero-order valence-corrected chi connectivity index (χ0v) is 13.9. The van der Waals surface area contributed by atoms with Crippen LogP contribution in [0, 0.1) is 5.92 Å². The van der Waals surface area contributed by atoms with Crippen LogP contribution in [0.25, 0.3) is 0 Å². The maximum Gasteiger partial charge on any atom is 0.144 e. The van der Waals surface area contributed by atoms with E-state index in [0.29, 0.717) is 14.9 Å². The van der Waals surface area contributed by atoms with E-state index in [9.17, 15) is 5.11 Å². The lowest BCUT2D eigenvalue weighted by Gasteiger charge is -2.22. The first-order valence-electron chi connectivity index (χ1n) is 5.02. The lowest BCUT2D eigenvalue weighted by molar-refractivity contribution is 0.442. The van der Waals surface area contributed by atoms with E-state index in [1.165, 1.54) is 0 Å².